The van der Waals surface area contributed by atoms with E-state index in [0.29, 0.717) is 43.8 Å². The van der Waals surface area contributed by atoms with E-state index in [9.17, 15) is 9.59 Å². The summed E-state index contributed by atoms with van der Waals surface area (Å²) >= 11 is 0. The molecule has 1 aromatic carbocycles. The Morgan fingerprint density at radius 2 is 1.92 bits per heavy atom. The van der Waals surface area contributed by atoms with Crippen LogP contribution in [0.25, 0.3) is 0 Å². The summed E-state index contributed by atoms with van der Waals surface area (Å²) in [6.45, 7) is 2.69. The summed E-state index contributed by atoms with van der Waals surface area (Å²) in [7, 11) is 5.53. The standard InChI is InChI=1S/C18H27N3O3/c1-20(2)13-10-19-17(22)14-8-11-21(12-9-14)18(23)15-6-4-5-7-16(15)24-3/h4-7,14H,8-13H2,1-3H3,(H,19,22). The number of piperidine rings is 1. The van der Waals surface area contributed by atoms with Crippen molar-refractivity contribution in [2.45, 2.75) is 12.8 Å². The van der Waals surface area contributed by atoms with E-state index in [1.54, 1.807) is 24.1 Å². The summed E-state index contributed by atoms with van der Waals surface area (Å²) < 4.78 is 5.26. The second-order valence-corrected chi connectivity index (χ2v) is 6.36. The van der Waals surface area contributed by atoms with Crippen molar-refractivity contribution in [2.75, 3.05) is 47.4 Å². The number of amides is 2. The number of hydrogen-bond donors (Lipinski definition) is 1. The van der Waals surface area contributed by atoms with E-state index in [2.05, 4.69) is 5.32 Å². The van der Waals surface area contributed by atoms with Crippen LogP contribution in [0.4, 0.5) is 0 Å². The second kappa shape index (κ2) is 8.68. The second-order valence-electron chi connectivity index (χ2n) is 6.36. The van der Waals surface area contributed by atoms with Crippen LogP contribution in [0.1, 0.15) is 23.2 Å². The van der Waals surface area contributed by atoms with Gasteiger partial charge in [-0.25, -0.2) is 0 Å². The van der Waals surface area contributed by atoms with Crippen LogP contribution in [0.15, 0.2) is 24.3 Å². The van der Waals surface area contributed by atoms with E-state index in [-0.39, 0.29) is 17.7 Å². The molecule has 0 radical (unpaired) electrons. The Hall–Kier alpha value is -2.08. The third-order valence-electron chi connectivity index (χ3n) is 4.35. The lowest BCUT2D eigenvalue weighted by Gasteiger charge is -2.31. The molecule has 132 valence electrons. The average molecular weight is 333 g/mol. The number of benzene rings is 1. The molecule has 6 heteroatoms. The average Bonchev–Trinajstić information content (AvgIpc) is 2.60. The number of likely N-dealkylation sites (tertiary alicyclic amines) is 1. The number of carbonyl (C=O) groups is 2. The number of likely N-dealkylation sites (N-methyl/N-ethyl adjacent to an activating group) is 1. The minimum atomic E-state index is -0.0288. The van der Waals surface area contributed by atoms with Crippen LogP contribution in [0.3, 0.4) is 0 Å². The van der Waals surface area contributed by atoms with Gasteiger partial charge in [-0.2, -0.15) is 0 Å². The maximum absolute atomic E-state index is 12.6. The van der Waals surface area contributed by atoms with E-state index < -0.39 is 0 Å². The van der Waals surface area contributed by atoms with Crippen LogP contribution in [-0.4, -0.2) is 69.0 Å². The fourth-order valence-electron chi connectivity index (χ4n) is 2.88. The first-order valence-electron chi connectivity index (χ1n) is 8.37. The molecule has 2 amide bonds. The molecule has 0 aliphatic carbocycles. The van der Waals surface area contributed by atoms with Crippen molar-refractivity contribution in [1.82, 2.24) is 15.1 Å². The molecule has 1 heterocycles. The van der Waals surface area contributed by atoms with Gasteiger partial charge in [0.25, 0.3) is 5.91 Å². The Morgan fingerprint density at radius 3 is 2.54 bits per heavy atom. The fraction of sp³-hybridized carbons (Fsp3) is 0.556. The summed E-state index contributed by atoms with van der Waals surface area (Å²) in [5.41, 5.74) is 0.578. The van der Waals surface area contributed by atoms with Gasteiger partial charge in [0.1, 0.15) is 5.75 Å². The number of para-hydroxylation sites is 1. The molecule has 1 fully saturated rings. The molecule has 0 unspecified atom stereocenters. The number of methoxy groups -OCH3 is 1. The maximum Gasteiger partial charge on any atom is 0.257 e. The molecule has 0 bridgehead atoms. The van der Waals surface area contributed by atoms with Crippen molar-refractivity contribution in [1.29, 1.82) is 0 Å². The monoisotopic (exact) mass is 333 g/mol. The number of hydrogen-bond acceptors (Lipinski definition) is 4. The Balaban J connectivity index is 1.86. The quantitative estimate of drug-likeness (QED) is 0.850. The highest BCUT2D eigenvalue weighted by Crippen LogP contribution is 2.23. The third kappa shape index (κ3) is 4.71. The van der Waals surface area contributed by atoms with E-state index in [4.69, 9.17) is 4.74 Å². The van der Waals surface area contributed by atoms with E-state index in [0.717, 1.165) is 6.54 Å². The molecule has 1 aliphatic rings. The minimum Gasteiger partial charge on any atom is -0.496 e. The molecule has 2 rings (SSSR count). The van der Waals surface area contributed by atoms with Crippen LogP contribution < -0.4 is 10.1 Å². The largest absolute Gasteiger partial charge is 0.496 e. The SMILES string of the molecule is COc1ccccc1C(=O)N1CCC(C(=O)NCCN(C)C)CC1. The van der Waals surface area contributed by atoms with Gasteiger partial charge in [-0.1, -0.05) is 12.1 Å². The van der Waals surface area contributed by atoms with Crippen LogP contribution >= 0.6 is 0 Å². The van der Waals surface area contributed by atoms with Gasteiger partial charge in [-0.05, 0) is 39.1 Å². The van der Waals surface area contributed by atoms with Crippen LogP contribution in [0, 0.1) is 5.92 Å². The van der Waals surface area contributed by atoms with Gasteiger partial charge in [0, 0.05) is 32.1 Å². The zero-order chi connectivity index (χ0) is 17.5. The van der Waals surface area contributed by atoms with E-state index in [1.807, 2.05) is 31.1 Å². The van der Waals surface area contributed by atoms with Crippen molar-refractivity contribution < 1.29 is 14.3 Å². The van der Waals surface area contributed by atoms with Gasteiger partial charge in [-0.3, -0.25) is 9.59 Å². The van der Waals surface area contributed by atoms with Crippen molar-refractivity contribution >= 4 is 11.8 Å². The molecule has 0 aromatic heterocycles. The first kappa shape index (κ1) is 18.3. The highest BCUT2D eigenvalue weighted by molar-refractivity contribution is 5.97. The number of ether oxygens (including phenoxy) is 1. The number of carbonyl (C=O) groups excluding carboxylic acids is 2. The first-order chi connectivity index (χ1) is 11.5. The van der Waals surface area contributed by atoms with Gasteiger partial charge in [0.2, 0.25) is 5.91 Å². The van der Waals surface area contributed by atoms with Gasteiger partial charge in [0.15, 0.2) is 0 Å². The normalized spacial score (nSPS) is 15.4. The molecule has 24 heavy (non-hydrogen) atoms. The van der Waals surface area contributed by atoms with Gasteiger partial charge >= 0.3 is 0 Å². The molecule has 0 atom stereocenters. The third-order valence-corrected chi connectivity index (χ3v) is 4.35. The first-order valence-corrected chi connectivity index (χ1v) is 8.37. The molecule has 1 aromatic rings. The lowest BCUT2D eigenvalue weighted by Crippen LogP contribution is -2.44. The van der Waals surface area contributed by atoms with Crippen LogP contribution in [-0.2, 0) is 4.79 Å². The predicted octanol–water partition coefficient (Wildman–Crippen LogP) is 1.23. The van der Waals surface area contributed by atoms with E-state index in [1.165, 1.54) is 0 Å². The molecular weight excluding hydrogens is 306 g/mol. The van der Waals surface area contributed by atoms with E-state index >= 15 is 0 Å². The molecular formula is C18H27N3O3. The molecule has 6 nitrogen and oxygen atoms in total. The molecule has 1 saturated heterocycles. The van der Waals surface area contributed by atoms with Crippen LogP contribution in [0.2, 0.25) is 0 Å². The van der Waals surface area contributed by atoms with Crippen molar-refractivity contribution in [3.63, 3.8) is 0 Å². The lowest BCUT2D eigenvalue weighted by molar-refractivity contribution is -0.126. The molecule has 1 N–H and O–H groups in total. The van der Waals surface area contributed by atoms with Crippen LogP contribution in [0.5, 0.6) is 5.75 Å². The highest BCUT2D eigenvalue weighted by Gasteiger charge is 2.28. The summed E-state index contributed by atoms with van der Waals surface area (Å²) in [5.74, 6) is 0.653. The zero-order valence-electron chi connectivity index (χ0n) is 14.7. The number of nitrogens with one attached hydrogen (secondary N) is 1. The molecule has 0 spiro atoms. The minimum absolute atomic E-state index is 0.00567. The summed E-state index contributed by atoms with van der Waals surface area (Å²) in [4.78, 5) is 28.7. The Labute approximate surface area is 143 Å². The summed E-state index contributed by atoms with van der Waals surface area (Å²) in [6, 6.07) is 7.25. The predicted molar refractivity (Wildman–Crippen MR) is 93.2 cm³/mol. The lowest BCUT2D eigenvalue weighted by atomic mass is 9.95. The Morgan fingerprint density at radius 1 is 1.25 bits per heavy atom. The van der Waals surface area contributed by atoms with Gasteiger partial charge in [-0.15, -0.1) is 0 Å². The highest BCUT2D eigenvalue weighted by atomic mass is 16.5. The van der Waals surface area contributed by atoms with Crippen molar-refractivity contribution in [2.24, 2.45) is 5.92 Å². The smallest absolute Gasteiger partial charge is 0.257 e. The number of nitrogens with zero attached hydrogens (tertiary/aromatic N) is 2. The molecule has 0 saturated carbocycles. The Bertz CT molecular complexity index is 566. The summed E-state index contributed by atoms with van der Waals surface area (Å²) in [5, 5.41) is 2.97. The maximum atomic E-state index is 12.6. The van der Waals surface area contributed by atoms with Crippen molar-refractivity contribution in [3.8, 4) is 5.75 Å². The topological polar surface area (TPSA) is 61.9 Å². The molecule has 1 aliphatic heterocycles. The number of rotatable bonds is 6. The zero-order valence-corrected chi connectivity index (χ0v) is 14.7. The van der Waals surface area contributed by atoms with Gasteiger partial charge < -0.3 is 19.9 Å². The van der Waals surface area contributed by atoms with Crippen molar-refractivity contribution in [3.05, 3.63) is 29.8 Å². The summed E-state index contributed by atoms with van der Waals surface area (Å²) in [6.07, 6.45) is 1.41. The fourth-order valence-corrected chi connectivity index (χ4v) is 2.88. The van der Waals surface area contributed by atoms with Gasteiger partial charge in [0.05, 0.1) is 12.7 Å². The Kier molecular flexibility index (Phi) is 6.61.